The van der Waals surface area contributed by atoms with E-state index in [1.54, 1.807) is 12.1 Å². The molecule has 0 radical (unpaired) electrons. The summed E-state index contributed by atoms with van der Waals surface area (Å²) in [5, 5.41) is 9.16. The Morgan fingerprint density at radius 3 is 2.52 bits per heavy atom. The molecule has 1 aromatic heterocycles. The fourth-order valence-electron chi connectivity index (χ4n) is 2.17. The highest BCUT2D eigenvalue weighted by Gasteiger charge is 2.14. The summed E-state index contributed by atoms with van der Waals surface area (Å²) in [4.78, 5) is 18.9. The molecule has 0 amide bonds. The highest BCUT2D eigenvalue weighted by atomic mass is 19.3. The van der Waals surface area contributed by atoms with Crippen LogP contribution in [-0.2, 0) is 0 Å². The number of hydrogen-bond donors (Lipinski definition) is 1. The number of aryl methyl sites for hydroxylation is 1. The Labute approximate surface area is 155 Å². The number of benzene rings is 1. The predicted octanol–water partition coefficient (Wildman–Crippen LogP) is 5.00. The van der Waals surface area contributed by atoms with Gasteiger partial charge in [0.15, 0.2) is 0 Å². The first-order valence-electron chi connectivity index (χ1n) is 8.36. The van der Waals surface area contributed by atoms with Gasteiger partial charge >= 0.3 is 5.97 Å². The van der Waals surface area contributed by atoms with Gasteiger partial charge in [0, 0.05) is 0 Å². The number of carboxylic acid groups (broad SMARTS) is 1. The van der Waals surface area contributed by atoms with Crippen LogP contribution in [0.3, 0.4) is 0 Å². The molecular formula is C19H20F2N2O4. The van der Waals surface area contributed by atoms with Crippen molar-refractivity contribution in [1.29, 1.82) is 0 Å². The molecular weight excluding hydrogens is 358 g/mol. The molecule has 0 aliphatic heterocycles. The zero-order valence-electron chi connectivity index (χ0n) is 15.0. The second-order valence-corrected chi connectivity index (χ2v) is 5.89. The van der Waals surface area contributed by atoms with Gasteiger partial charge in [-0.2, -0.15) is 18.7 Å². The Balaban J connectivity index is 2.03. The minimum Gasteiger partial charge on any atom is -0.477 e. The van der Waals surface area contributed by atoms with Crippen LogP contribution in [0.2, 0.25) is 0 Å². The minimum absolute atomic E-state index is 0.0463. The Hall–Kier alpha value is -3.03. The van der Waals surface area contributed by atoms with Gasteiger partial charge in [-0.3, -0.25) is 0 Å². The molecule has 1 N–H and O–H groups in total. The van der Waals surface area contributed by atoms with Gasteiger partial charge in [0.05, 0.1) is 12.7 Å². The van der Waals surface area contributed by atoms with Crippen molar-refractivity contribution in [3.63, 3.8) is 0 Å². The van der Waals surface area contributed by atoms with Crippen molar-refractivity contribution in [2.75, 3.05) is 6.61 Å². The maximum Gasteiger partial charge on any atom is 0.374 e. The van der Waals surface area contributed by atoms with Crippen molar-refractivity contribution in [1.82, 2.24) is 9.97 Å². The van der Waals surface area contributed by atoms with E-state index in [9.17, 15) is 13.6 Å². The highest BCUT2D eigenvalue weighted by molar-refractivity contribution is 5.83. The lowest BCUT2D eigenvalue weighted by Crippen LogP contribution is -2.08. The van der Waals surface area contributed by atoms with Crippen LogP contribution in [0.4, 0.5) is 8.78 Å². The van der Waals surface area contributed by atoms with Crippen molar-refractivity contribution in [3.05, 3.63) is 53.4 Å². The molecule has 1 heterocycles. The summed E-state index contributed by atoms with van der Waals surface area (Å²) < 4.78 is 35.8. The largest absolute Gasteiger partial charge is 0.477 e. The van der Waals surface area contributed by atoms with E-state index in [4.69, 9.17) is 14.6 Å². The number of allylic oxidation sites excluding steroid dienone is 1. The number of unbranched alkanes of at least 4 members (excludes halogenated alkanes) is 1. The fourth-order valence-corrected chi connectivity index (χ4v) is 2.17. The van der Waals surface area contributed by atoms with Gasteiger partial charge in [0.1, 0.15) is 5.75 Å². The van der Waals surface area contributed by atoms with Gasteiger partial charge in [-0.15, -0.1) is 0 Å². The number of para-hydroxylation sites is 1. The van der Waals surface area contributed by atoms with Crippen LogP contribution >= 0.6 is 0 Å². The second kappa shape index (κ2) is 9.61. The number of halogens is 2. The molecule has 0 saturated carbocycles. The lowest BCUT2D eigenvalue weighted by Gasteiger charge is -2.10. The van der Waals surface area contributed by atoms with E-state index in [0.29, 0.717) is 18.6 Å². The maximum absolute atomic E-state index is 12.3. The van der Waals surface area contributed by atoms with Crippen LogP contribution in [0.15, 0.2) is 42.0 Å². The van der Waals surface area contributed by atoms with Crippen LogP contribution < -0.4 is 9.47 Å². The summed E-state index contributed by atoms with van der Waals surface area (Å²) >= 11 is 0. The summed E-state index contributed by atoms with van der Waals surface area (Å²) in [6.07, 6.45) is -0.342. The summed E-state index contributed by atoms with van der Waals surface area (Å²) in [6, 6.07) is 8.62. The lowest BCUT2D eigenvalue weighted by molar-refractivity contribution is 0.0680. The Bertz CT molecular complexity index is 836. The van der Waals surface area contributed by atoms with Gasteiger partial charge < -0.3 is 14.6 Å². The van der Waals surface area contributed by atoms with Crippen molar-refractivity contribution in [2.45, 2.75) is 33.1 Å². The quantitative estimate of drug-likeness (QED) is 0.619. The smallest absolute Gasteiger partial charge is 0.374 e. The first-order chi connectivity index (χ1) is 12.9. The normalized spacial score (nSPS) is 10.4. The lowest BCUT2D eigenvalue weighted by atomic mass is 10.1. The van der Waals surface area contributed by atoms with Crippen LogP contribution in [0.5, 0.6) is 17.5 Å². The van der Waals surface area contributed by atoms with E-state index in [-0.39, 0.29) is 30.4 Å². The molecule has 27 heavy (non-hydrogen) atoms. The molecule has 8 heteroatoms. The minimum atomic E-state index is -1.66. The van der Waals surface area contributed by atoms with Crippen LogP contribution in [0.1, 0.15) is 42.4 Å². The van der Waals surface area contributed by atoms with Gasteiger partial charge in [0.2, 0.25) is 17.6 Å². The van der Waals surface area contributed by atoms with E-state index in [1.165, 1.54) is 13.0 Å². The first kappa shape index (κ1) is 20.3. The van der Waals surface area contributed by atoms with E-state index in [2.05, 4.69) is 9.97 Å². The maximum atomic E-state index is 12.3. The Morgan fingerprint density at radius 1 is 1.15 bits per heavy atom. The van der Waals surface area contributed by atoms with E-state index >= 15 is 0 Å². The number of nitrogens with zero attached hydrogens (tertiary/aromatic N) is 2. The van der Waals surface area contributed by atoms with Crippen molar-refractivity contribution >= 4 is 5.97 Å². The summed E-state index contributed by atoms with van der Waals surface area (Å²) in [5.74, 6) is -1.13. The van der Waals surface area contributed by atoms with Crippen LogP contribution in [-0.4, -0.2) is 27.7 Å². The molecule has 0 aliphatic carbocycles. The molecule has 0 fully saturated rings. The summed E-state index contributed by atoms with van der Waals surface area (Å²) in [6.45, 7) is 3.44. The van der Waals surface area contributed by atoms with Gasteiger partial charge in [-0.1, -0.05) is 18.2 Å². The van der Waals surface area contributed by atoms with Crippen molar-refractivity contribution < 1.29 is 28.2 Å². The molecule has 2 aromatic rings. The molecule has 1 aromatic carbocycles. The van der Waals surface area contributed by atoms with Crippen molar-refractivity contribution in [2.24, 2.45) is 0 Å². The summed E-state index contributed by atoms with van der Waals surface area (Å²) in [5.41, 5.74) is 0.915. The molecule has 0 aliphatic rings. The topological polar surface area (TPSA) is 81.5 Å². The summed E-state index contributed by atoms with van der Waals surface area (Å²) in [7, 11) is 0. The monoisotopic (exact) mass is 378 g/mol. The Morgan fingerprint density at radius 2 is 1.85 bits per heavy atom. The zero-order chi connectivity index (χ0) is 19.8. The molecule has 0 atom stereocenters. The van der Waals surface area contributed by atoms with Crippen molar-refractivity contribution in [3.8, 4) is 17.5 Å². The third-order valence-electron chi connectivity index (χ3n) is 3.70. The van der Waals surface area contributed by atoms with Crippen LogP contribution in [0.25, 0.3) is 0 Å². The number of hydrogen-bond acceptors (Lipinski definition) is 5. The molecule has 0 saturated heterocycles. The predicted molar refractivity (Wildman–Crippen MR) is 94.5 cm³/mol. The molecule has 2 rings (SSSR count). The first-order valence-corrected chi connectivity index (χ1v) is 8.36. The number of carboxylic acids is 1. The van der Waals surface area contributed by atoms with Gasteiger partial charge in [-0.05, 0) is 50.3 Å². The molecule has 0 bridgehead atoms. The number of carbonyl (C=O) groups is 1. The molecule has 0 spiro atoms. The average molecular weight is 378 g/mol. The van der Waals surface area contributed by atoms with Crippen LogP contribution in [0, 0.1) is 6.92 Å². The molecule has 144 valence electrons. The number of aromatic nitrogens is 2. The molecule has 0 unspecified atom stereocenters. The van der Waals surface area contributed by atoms with Gasteiger partial charge in [0.25, 0.3) is 6.08 Å². The average Bonchev–Trinajstić information content (AvgIpc) is 2.63. The van der Waals surface area contributed by atoms with E-state index in [0.717, 1.165) is 5.56 Å². The number of ether oxygens (including phenoxy) is 2. The zero-order valence-corrected chi connectivity index (χ0v) is 15.0. The fraction of sp³-hybridized carbons (Fsp3) is 0.316. The third kappa shape index (κ3) is 6.32. The number of rotatable bonds is 9. The third-order valence-corrected chi connectivity index (χ3v) is 3.70. The second-order valence-electron chi connectivity index (χ2n) is 5.89. The number of aromatic carboxylic acids is 1. The highest BCUT2D eigenvalue weighted by Crippen LogP contribution is 2.25. The standard InChI is InChI=1S/C19H20F2N2O4/c1-12-7-3-4-9-14(12)27-16-11-15(22-18(23-16)19(24)25)26-10-6-5-8-13(2)17(20)21/h3-4,7,9,11H,5-6,8,10H2,1-2H3,(H,24,25). The van der Waals surface area contributed by atoms with E-state index < -0.39 is 17.9 Å². The Kier molecular flexibility index (Phi) is 7.22. The van der Waals surface area contributed by atoms with Gasteiger partial charge in [-0.25, -0.2) is 4.79 Å². The molecule has 6 nitrogen and oxygen atoms in total. The van der Waals surface area contributed by atoms with E-state index in [1.807, 2.05) is 19.1 Å². The SMILES string of the molecule is CC(CCCCOc1cc(Oc2ccccc2C)nc(C(=O)O)n1)=C(F)F.